The van der Waals surface area contributed by atoms with Crippen LogP contribution in [0.1, 0.15) is 45.2 Å². The van der Waals surface area contributed by atoms with Gasteiger partial charge in [-0.05, 0) is 50.6 Å². The highest BCUT2D eigenvalue weighted by molar-refractivity contribution is 7.91. The highest BCUT2D eigenvalue weighted by Crippen LogP contribution is 2.23. The van der Waals surface area contributed by atoms with E-state index in [9.17, 15) is 8.42 Å². The summed E-state index contributed by atoms with van der Waals surface area (Å²) in [6, 6.07) is 0. The molecular weight excluding hydrogens is 378 g/mol. The number of sulfone groups is 1. The first-order chi connectivity index (χ1) is 13.4. The van der Waals surface area contributed by atoms with Crippen molar-refractivity contribution in [2.75, 3.05) is 39.2 Å². The van der Waals surface area contributed by atoms with Crippen LogP contribution < -0.4 is 0 Å². The molecular formula is C20H35N3O4S. The number of aromatic nitrogens is 2. The molecule has 28 heavy (non-hydrogen) atoms. The summed E-state index contributed by atoms with van der Waals surface area (Å²) in [5.41, 5.74) is 0.991. The molecule has 0 unspecified atom stereocenters. The topological polar surface area (TPSA) is 73.7 Å². The standard InChI is InChI=1S/C20H35N3O4S/c1-16(2)12-23-18(13-22-8-6-17(7-9-22)14-26-3)11-21-20(23)28(24,25)15-19-5-4-10-27-19/h11,16-17,19H,4-10,12-15H2,1-3H3/t19-/m0/s1. The van der Waals surface area contributed by atoms with Gasteiger partial charge >= 0.3 is 0 Å². The van der Waals surface area contributed by atoms with E-state index < -0.39 is 9.84 Å². The minimum Gasteiger partial charge on any atom is -0.384 e. The molecule has 0 aromatic carbocycles. The zero-order chi connectivity index (χ0) is 20.1. The van der Waals surface area contributed by atoms with E-state index in [0.29, 0.717) is 25.0 Å². The number of likely N-dealkylation sites (tertiary alicyclic amines) is 1. The first kappa shape index (κ1) is 21.7. The fourth-order valence-corrected chi connectivity index (χ4v) is 5.84. The van der Waals surface area contributed by atoms with Gasteiger partial charge in [-0.25, -0.2) is 13.4 Å². The monoisotopic (exact) mass is 413 g/mol. The Hall–Kier alpha value is -0.960. The van der Waals surface area contributed by atoms with Crippen LogP contribution in [0.2, 0.25) is 0 Å². The third-order valence-corrected chi connectivity index (χ3v) is 7.34. The van der Waals surface area contributed by atoms with Crippen LogP contribution in [0.5, 0.6) is 0 Å². The summed E-state index contributed by atoms with van der Waals surface area (Å²) in [6.07, 6.45) is 5.55. The maximum Gasteiger partial charge on any atom is 0.227 e. The number of ether oxygens (including phenoxy) is 2. The van der Waals surface area contributed by atoms with Gasteiger partial charge in [0.05, 0.1) is 23.7 Å². The average Bonchev–Trinajstić information content (AvgIpc) is 3.27. The van der Waals surface area contributed by atoms with E-state index in [1.807, 2.05) is 4.57 Å². The molecule has 2 fully saturated rings. The Labute approximate surface area is 169 Å². The van der Waals surface area contributed by atoms with Gasteiger partial charge in [0.2, 0.25) is 15.0 Å². The lowest BCUT2D eigenvalue weighted by molar-refractivity contribution is 0.0956. The second-order valence-electron chi connectivity index (χ2n) is 8.63. The molecule has 160 valence electrons. The molecule has 2 saturated heterocycles. The van der Waals surface area contributed by atoms with Gasteiger partial charge in [0.1, 0.15) is 0 Å². The summed E-state index contributed by atoms with van der Waals surface area (Å²) in [7, 11) is -1.70. The van der Waals surface area contributed by atoms with Crippen molar-refractivity contribution in [2.24, 2.45) is 11.8 Å². The van der Waals surface area contributed by atoms with E-state index in [2.05, 4.69) is 23.7 Å². The van der Waals surface area contributed by atoms with E-state index in [4.69, 9.17) is 9.47 Å². The predicted octanol–water partition coefficient (Wildman–Crippen LogP) is 2.35. The molecule has 1 aromatic heterocycles. The Morgan fingerprint density at radius 3 is 2.64 bits per heavy atom. The molecule has 7 nitrogen and oxygen atoms in total. The fourth-order valence-electron chi connectivity index (χ4n) is 4.20. The van der Waals surface area contributed by atoms with Gasteiger partial charge in [0.25, 0.3) is 0 Å². The quantitative estimate of drug-likeness (QED) is 0.619. The fraction of sp³-hybridized carbons (Fsp3) is 0.850. The molecule has 3 rings (SSSR count). The largest absolute Gasteiger partial charge is 0.384 e. The molecule has 2 aliphatic heterocycles. The summed E-state index contributed by atoms with van der Waals surface area (Å²) in [5, 5.41) is 0.209. The maximum absolute atomic E-state index is 13.0. The van der Waals surface area contributed by atoms with Crippen molar-refractivity contribution >= 4 is 9.84 Å². The molecule has 1 atom stereocenters. The number of imidazole rings is 1. The van der Waals surface area contributed by atoms with E-state index in [-0.39, 0.29) is 17.0 Å². The second-order valence-corrected chi connectivity index (χ2v) is 10.6. The second kappa shape index (κ2) is 9.69. The van der Waals surface area contributed by atoms with Crippen LogP contribution in [-0.4, -0.2) is 68.1 Å². The molecule has 8 heteroatoms. The Balaban J connectivity index is 1.73. The van der Waals surface area contributed by atoms with Crippen LogP contribution in [0.15, 0.2) is 11.4 Å². The number of methoxy groups -OCH3 is 1. The van der Waals surface area contributed by atoms with Crippen LogP contribution in [0.25, 0.3) is 0 Å². The molecule has 2 aliphatic rings. The van der Waals surface area contributed by atoms with Gasteiger partial charge in [-0.3, -0.25) is 4.90 Å². The number of nitrogens with zero attached hydrogens (tertiary/aromatic N) is 3. The minimum absolute atomic E-state index is 0.0317. The van der Waals surface area contributed by atoms with E-state index in [0.717, 1.165) is 57.6 Å². The minimum atomic E-state index is -3.46. The molecule has 0 saturated carbocycles. The van der Waals surface area contributed by atoms with Gasteiger partial charge in [0.15, 0.2) is 0 Å². The highest BCUT2D eigenvalue weighted by Gasteiger charge is 2.30. The molecule has 0 spiro atoms. The van der Waals surface area contributed by atoms with Gasteiger partial charge < -0.3 is 14.0 Å². The summed E-state index contributed by atoms with van der Waals surface area (Å²) >= 11 is 0. The van der Waals surface area contributed by atoms with E-state index in [1.54, 1.807) is 13.3 Å². The van der Waals surface area contributed by atoms with Crippen LogP contribution in [0, 0.1) is 11.8 Å². The normalized spacial score (nSPS) is 22.4. The van der Waals surface area contributed by atoms with Crippen molar-refractivity contribution in [1.82, 2.24) is 14.5 Å². The average molecular weight is 414 g/mol. The van der Waals surface area contributed by atoms with Crippen molar-refractivity contribution in [2.45, 2.75) is 63.9 Å². The van der Waals surface area contributed by atoms with Crippen LogP contribution >= 0.6 is 0 Å². The predicted molar refractivity (Wildman–Crippen MR) is 108 cm³/mol. The maximum atomic E-state index is 13.0. The Morgan fingerprint density at radius 2 is 2.04 bits per heavy atom. The third kappa shape index (κ3) is 5.55. The van der Waals surface area contributed by atoms with Gasteiger partial charge in [0, 0.05) is 33.4 Å². The Kier molecular flexibility index (Phi) is 7.53. The molecule has 3 heterocycles. The molecule has 0 aliphatic carbocycles. The summed E-state index contributed by atoms with van der Waals surface area (Å²) in [5.74, 6) is 1.01. The van der Waals surface area contributed by atoms with Crippen molar-refractivity contribution in [3.05, 3.63) is 11.9 Å². The first-order valence-corrected chi connectivity index (χ1v) is 12.1. The molecule has 0 amide bonds. The number of hydrogen-bond acceptors (Lipinski definition) is 6. The van der Waals surface area contributed by atoms with Crippen LogP contribution in [0.4, 0.5) is 0 Å². The molecule has 1 aromatic rings. The zero-order valence-electron chi connectivity index (χ0n) is 17.5. The molecule has 0 N–H and O–H groups in total. The first-order valence-electron chi connectivity index (χ1n) is 10.5. The zero-order valence-corrected chi connectivity index (χ0v) is 18.3. The third-order valence-electron chi connectivity index (χ3n) is 5.65. The summed E-state index contributed by atoms with van der Waals surface area (Å²) in [4.78, 5) is 6.76. The van der Waals surface area contributed by atoms with Crippen LogP contribution in [-0.2, 0) is 32.4 Å². The highest BCUT2D eigenvalue weighted by atomic mass is 32.2. The van der Waals surface area contributed by atoms with Gasteiger partial charge in [-0.1, -0.05) is 13.8 Å². The SMILES string of the molecule is COCC1CCN(Cc2cnc(S(=O)(=O)C[C@@H]3CCCO3)n2CC(C)C)CC1. The van der Waals surface area contributed by atoms with Crippen LogP contribution in [0.3, 0.4) is 0 Å². The van der Waals surface area contributed by atoms with Crippen molar-refractivity contribution in [3.63, 3.8) is 0 Å². The van der Waals surface area contributed by atoms with Crippen molar-refractivity contribution in [3.8, 4) is 0 Å². The Bertz CT molecular complexity index is 718. The number of rotatable bonds is 9. The lowest BCUT2D eigenvalue weighted by Crippen LogP contribution is -2.35. The molecule has 0 bridgehead atoms. The summed E-state index contributed by atoms with van der Waals surface area (Å²) < 4.78 is 38.8. The smallest absolute Gasteiger partial charge is 0.227 e. The van der Waals surface area contributed by atoms with Crippen molar-refractivity contribution < 1.29 is 17.9 Å². The number of hydrogen-bond donors (Lipinski definition) is 0. The molecule has 0 radical (unpaired) electrons. The Morgan fingerprint density at radius 1 is 1.29 bits per heavy atom. The van der Waals surface area contributed by atoms with Crippen molar-refractivity contribution in [1.29, 1.82) is 0 Å². The van der Waals surface area contributed by atoms with E-state index >= 15 is 0 Å². The lowest BCUT2D eigenvalue weighted by Gasteiger charge is -2.31. The summed E-state index contributed by atoms with van der Waals surface area (Å²) in [6.45, 7) is 9.13. The lowest BCUT2D eigenvalue weighted by atomic mass is 9.98. The van der Waals surface area contributed by atoms with Gasteiger partial charge in [-0.2, -0.15) is 0 Å². The number of piperidine rings is 1. The van der Waals surface area contributed by atoms with E-state index in [1.165, 1.54) is 0 Å². The van der Waals surface area contributed by atoms with Gasteiger partial charge in [-0.15, -0.1) is 0 Å².